The van der Waals surface area contributed by atoms with Crippen LogP contribution in [0, 0.1) is 10.1 Å². The second-order valence-corrected chi connectivity index (χ2v) is 7.00. The van der Waals surface area contributed by atoms with Crippen LogP contribution in [0.25, 0.3) is 10.6 Å². The molecule has 0 aliphatic carbocycles. The van der Waals surface area contributed by atoms with Gasteiger partial charge in [-0.2, -0.15) is 0 Å². The fraction of sp³-hybridized carbons (Fsp3) is 0.158. The van der Waals surface area contributed by atoms with E-state index in [0.717, 1.165) is 11.6 Å². The third-order valence-corrected chi connectivity index (χ3v) is 5.08. The van der Waals surface area contributed by atoms with E-state index in [9.17, 15) is 14.9 Å². The van der Waals surface area contributed by atoms with E-state index in [0.29, 0.717) is 22.2 Å². The largest absolute Gasteiger partial charge is 0.493 e. The molecule has 29 heavy (non-hydrogen) atoms. The molecule has 1 aromatic heterocycles. The maximum Gasteiger partial charge on any atom is 0.345 e. The minimum atomic E-state index is -0.847. The molecule has 2 aromatic carbocycles. The van der Waals surface area contributed by atoms with E-state index < -0.39 is 10.9 Å². The quantitative estimate of drug-likeness (QED) is 0.300. The number of halogens is 1. The van der Waals surface area contributed by atoms with E-state index in [1.54, 1.807) is 31.7 Å². The maximum atomic E-state index is 12.3. The molecule has 0 saturated carbocycles. The lowest BCUT2D eigenvalue weighted by atomic mass is 10.2. The number of methoxy groups -OCH3 is 2. The van der Waals surface area contributed by atoms with E-state index in [-0.39, 0.29) is 22.9 Å². The zero-order valence-corrected chi connectivity index (χ0v) is 17.0. The van der Waals surface area contributed by atoms with Crippen molar-refractivity contribution in [1.82, 2.24) is 4.98 Å². The third-order valence-electron chi connectivity index (χ3n) is 3.91. The Morgan fingerprint density at radius 2 is 1.93 bits per heavy atom. The summed E-state index contributed by atoms with van der Waals surface area (Å²) in [5.74, 6) is 0.325. The van der Waals surface area contributed by atoms with Crippen molar-refractivity contribution in [3.63, 3.8) is 0 Å². The van der Waals surface area contributed by atoms with Crippen molar-refractivity contribution in [1.29, 1.82) is 0 Å². The SMILES string of the molecule is COc1ccc(-c2nc(COC(=O)c3cc(Cl)ccc3[N+](=O)[O-])cs2)cc1OC. The summed E-state index contributed by atoms with van der Waals surface area (Å²) >= 11 is 7.21. The lowest BCUT2D eigenvalue weighted by molar-refractivity contribution is -0.385. The van der Waals surface area contributed by atoms with Gasteiger partial charge in [-0.25, -0.2) is 9.78 Å². The van der Waals surface area contributed by atoms with Crippen LogP contribution in [0.15, 0.2) is 41.8 Å². The van der Waals surface area contributed by atoms with E-state index in [4.69, 9.17) is 25.8 Å². The maximum absolute atomic E-state index is 12.3. The molecule has 0 spiro atoms. The average molecular weight is 435 g/mol. The van der Waals surface area contributed by atoms with Crippen molar-refractivity contribution in [3.05, 3.63) is 68.2 Å². The van der Waals surface area contributed by atoms with Crippen LogP contribution < -0.4 is 9.47 Å². The third kappa shape index (κ3) is 4.64. The van der Waals surface area contributed by atoms with Crippen LogP contribution in [-0.2, 0) is 11.3 Å². The second-order valence-electron chi connectivity index (χ2n) is 5.71. The van der Waals surface area contributed by atoms with Gasteiger partial charge in [-0.3, -0.25) is 10.1 Å². The summed E-state index contributed by atoms with van der Waals surface area (Å²) in [6.07, 6.45) is 0. The smallest absolute Gasteiger partial charge is 0.345 e. The highest BCUT2D eigenvalue weighted by atomic mass is 35.5. The Morgan fingerprint density at radius 1 is 1.17 bits per heavy atom. The highest BCUT2D eigenvalue weighted by molar-refractivity contribution is 7.13. The first-order valence-electron chi connectivity index (χ1n) is 8.20. The second kappa shape index (κ2) is 8.89. The Morgan fingerprint density at radius 3 is 2.62 bits per heavy atom. The lowest BCUT2D eigenvalue weighted by Gasteiger charge is -2.08. The number of thiazole rings is 1. The minimum Gasteiger partial charge on any atom is -0.493 e. The Labute approximate surface area is 174 Å². The van der Waals surface area contributed by atoms with Crippen molar-refractivity contribution in [2.75, 3.05) is 14.2 Å². The number of rotatable bonds is 7. The first kappa shape index (κ1) is 20.6. The van der Waals surface area contributed by atoms with E-state index in [2.05, 4.69) is 4.98 Å². The van der Waals surface area contributed by atoms with E-state index in [1.807, 2.05) is 6.07 Å². The van der Waals surface area contributed by atoms with Gasteiger partial charge in [-0.15, -0.1) is 11.3 Å². The molecule has 3 rings (SSSR count). The standard InChI is InChI=1S/C19H15ClN2O6S/c1-26-16-6-3-11(7-17(16)27-2)18-21-13(10-29-18)9-28-19(23)14-8-12(20)4-5-15(14)22(24)25/h3-8,10H,9H2,1-2H3. The summed E-state index contributed by atoms with van der Waals surface area (Å²) < 4.78 is 15.7. The fourth-order valence-electron chi connectivity index (χ4n) is 2.52. The Kier molecular flexibility index (Phi) is 6.30. The minimum absolute atomic E-state index is 0.133. The number of benzene rings is 2. The summed E-state index contributed by atoms with van der Waals surface area (Å²) in [6.45, 7) is -0.133. The number of aromatic nitrogens is 1. The van der Waals surface area contributed by atoms with Gasteiger partial charge in [0.1, 0.15) is 17.2 Å². The number of carbonyl (C=O) groups excluding carboxylic acids is 1. The summed E-state index contributed by atoms with van der Waals surface area (Å²) in [4.78, 5) is 27.2. The topological polar surface area (TPSA) is 101 Å². The normalized spacial score (nSPS) is 10.4. The van der Waals surface area contributed by atoms with Crippen LogP contribution in [0.3, 0.4) is 0 Å². The highest BCUT2D eigenvalue weighted by Gasteiger charge is 2.22. The summed E-state index contributed by atoms with van der Waals surface area (Å²) in [7, 11) is 3.10. The molecule has 0 radical (unpaired) electrons. The van der Waals surface area contributed by atoms with Crippen LogP contribution in [0.2, 0.25) is 5.02 Å². The Hall–Kier alpha value is -3.17. The molecule has 0 atom stereocenters. The first-order valence-corrected chi connectivity index (χ1v) is 9.46. The zero-order valence-electron chi connectivity index (χ0n) is 15.4. The number of hydrogen-bond acceptors (Lipinski definition) is 8. The number of ether oxygens (including phenoxy) is 3. The Balaban J connectivity index is 1.74. The molecule has 0 amide bonds. The van der Waals surface area contributed by atoms with Crippen molar-refractivity contribution in [2.45, 2.75) is 6.61 Å². The van der Waals surface area contributed by atoms with Gasteiger partial charge >= 0.3 is 5.97 Å². The molecule has 10 heteroatoms. The molecular formula is C19H15ClN2O6S. The van der Waals surface area contributed by atoms with Crippen LogP contribution in [0.1, 0.15) is 16.1 Å². The molecule has 0 N–H and O–H groups in total. The van der Waals surface area contributed by atoms with E-state index >= 15 is 0 Å². The first-order chi connectivity index (χ1) is 13.9. The van der Waals surface area contributed by atoms with Crippen molar-refractivity contribution >= 4 is 34.6 Å². The molecule has 0 aliphatic heterocycles. The number of nitrogens with zero attached hydrogens (tertiary/aromatic N) is 2. The fourth-order valence-corrected chi connectivity index (χ4v) is 3.50. The lowest BCUT2D eigenvalue weighted by Crippen LogP contribution is -2.08. The van der Waals surface area contributed by atoms with Gasteiger partial charge in [0.05, 0.1) is 24.8 Å². The van der Waals surface area contributed by atoms with Crippen LogP contribution in [0.5, 0.6) is 11.5 Å². The van der Waals surface area contributed by atoms with Gasteiger partial charge < -0.3 is 14.2 Å². The highest BCUT2D eigenvalue weighted by Crippen LogP contribution is 2.33. The van der Waals surface area contributed by atoms with Gasteiger partial charge in [-0.1, -0.05) is 11.6 Å². The zero-order chi connectivity index (χ0) is 21.0. The number of carbonyl (C=O) groups is 1. The van der Waals surface area contributed by atoms with Crippen LogP contribution in [-0.4, -0.2) is 30.1 Å². The van der Waals surface area contributed by atoms with E-state index in [1.165, 1.54) is 23.5 Å². The van der Waals surface area contributed by atoms with Crippen molar-refractivity contribution in [3.8, 4) is 22.1 Å². The summed E-state index contributed by atoms with van der Waals surface area (Å²) in [5, 5.41) is 13.7. The van der Waals surface area contributed by atoms with Gasteiger partial charge in [0, 0.05) is 22.0 Å². The molecule has 8 nitrogen and oxygen atoms in total. The molecule has 0 saturated heterocycles. The van der Waals surface area contributed by atoms with Gasteiger partial charge in [0.25, 0.3) is 5.69 Å². The molecule has 0 bridgehead atoms. The average Bonchev–Trinajstić information content (AvgIpc) is 3.20. The van der Waals surface area contributed by atoms with Gasteiger partial charge in [0.2, 0.25) is 0 Å². The van der Waals surface area contributed by atoms with Crippen molar-refractivity contribution < 1.29 is 23.9 Å². The molecular weight excluding hydrogens is 420 g/mol. The number of nitro benzene ring substituents is 1. The molecule has 0 aliphatic rings. The molecule has 150 valence electrons. The monoisotopic (exact) mass is 434 g/mol. The number of hydrogen-bond donors (Lipinski definition) is 0. The molecule has 0 unspecified atom stereocenters. The van der Waals surface area contributed by atoms with Crippen molar-refractivity contribution in [2.24, 2.45) is 0 Å². The molecule has 3 aromatic rings. The predicted octanol–water partition coefficient (Wildman–Crippen LogP) is 4.75. The van der Waals surface area contributed by atoms with Crippen LogP contribution >= 0.6 is 22.9 Å². The van der Waals surface area contributed by atoms with Crippen LogP contribution in [0.4, 0.5) is 5.69 Å². The summed E-state index contributed by atoms with van der Waals surface area (Å²) in [6, 6.07) is 9.11. The number of nitro groups is 1. The van der Waals surface area contributed by atoms with Gasteiger partial charge in [0.15, 0.2) is 11.5 Å². The predicted molar refractivity (Wildman–Crippen MR) is 108 cm³/mol. The summed E-state index contributed by atoms with van der Waals surface area (Å²) in [5.41, 5.74) is 0.745. The number of esters is 1. The molecule has 1 heterocycles. The van der Waals surface area contributed by atoms with Gasteiger partial charge in [-0.05, 0) is 30.3 Å². The molecule has 0 fully saturated rings. The Bertz CT molecular complexity index is 1070.